The van der Waals surface area contributed by atoms with Gasteiger partial charge in [0.2, 0.25) is 0 Å². The molecule has 1 aliphatic rings. The Morgan fingerprint density at radius 3 is 1.54 bits per heavy atom. The van der Waals surface area contributed by atoms with Crippen LogP contribution in [0.3, 0.4) is 0 Å². The van der Waals surface area contributed by atoms with Crippen molar-refractivity contribution in [2.24, 2.45) is 0 Å². The van der Waals surface area contributed by atoms with Gasteiger partial charge in [-0.2, -0.15) is 0 Å². The molecule has 0 fully saturated rings. The highest BCUT2D eigenvalue weighted by atomic mass is 31.2. The molecule has 0 aromatic heterocycles. The molecular formula is C22H21O3P. The quantitative estimate of drug-likeness (QED) is 0.665. The van der Waals surface area contributed by atoms with Crippen LogP contribution in [0.25, 0.3) is 0 Å². The Bertz CT molecular complexity index is 910. The minimum atomic E-state index is -3.05. The van der Waals surface area contributed by atoms with Gasteiger partial charge in [-0.25, -0.2) is 0 Å². The van der Waals surface area contributed by atoms with Crippen molar-refractivity contribution >= 4 is 23.1 Å². The van der Waals surface area contributed by atoms with Gasteiger partial charge in [0.15, 0.2) is 7.14 Å². The van der Waals surface area contributed by atoms with E-state index in [-0.39, 0.29) is 12.2 Å². The van der Waals surface area contributed by atoms with Crippen LogP contribution in [0.15, 0.2) is 78.9 Å². The van der Waals surface area contributed by atoms with Crippen molar-refractivity contribution in [3.05, 3.63) is 90.0 Å². The maximum absolute atomic E-state index is 14.7. The summed E-state index contributed by atoms with van der Waals surface area (Å²) in [6.45, 7) is 0. The van der Waals surface area contributed by atoms with E-state index in [1.807, 2.05) is 78.9 Å². The van der Waals surface area contributed by atoms with Crippen molar-refractivity contribution in [3.8, 4) is 0 Å². The smallest absolute Gasteiger partial charge is 0.171 e. The lowest BCUT2D eigenvalue weighted by Gasteiger charge is -2.25. The van der Waals surface area contributed by atoms with E-state index in [9.17, 15) is 4.57 Å². The van der Waals surface area contributed by atoms with Gasteiger partial charge in [-0.05, 0) is 11.1 Å². The molecule has 0 saturated heterocycles. The van der Waals surface area contributed by atoms with Crippen LogP contribution in [-0.4, -0.2) is 14.2 Å². The van der Waals surface area contributed by atoms with Gasteiger partial charge in [-0.1, -0.05) is 78.9 Å². The summed E-state index contributed by atoms with van der Waals surface area (Å²) < 4.78 is 26.4. The van der Waals surface area contributed by atoms with E-state index in [1.54, 1.807) is 14.2 Å². The number of ether oxygens (including phenoxy) is 2. The maximum Gasteiger partial charge on any atom is 0.171 e. The van der Waals surface area contributed by atoms with E-state index < -0.39 is 7.14 Å². The topological polar surface area (TPSA) is 35.5 Å². The van der Waals surface area contributed by atoms with Crippen molar-refractivity contribution in [2.75, 3.05) is 14.2 Å². The lowest BCUT2D eigenvalue weighted by Crippen LogP contribution is -2.27. The van der Waals surface area contributed by atoms with Crippen LogP contribution in [0.5, 0.6) is 0 Å². The van der Waals surface area contributed by atoms with Crippen molar-refractivity contribution in [3.63, 3.8) is 0 Å². The molecule has 4 heteroatoms. The highest BCUT2D eigenvalue weighted by Crippen LogP contribution is 2.51. The van der Waals surface area contributed by atoms with Crippen molar-refractivity contribution in [2.45, 2.75) is 12.2 Å². The second kappa shape index (κ2) is 6.85. The Morgan fingerprint density at radius 2 is 1.08 bits per heavy atom. The van der Waals surface area contributed by atoms with Gasteiger partial charge in [0.25, 0.3) is 0 Å². The first-order valence-corrected chi connectivity index (χ1v) is 10.3. The number of fused-ring (bicyclic) bond motifs is 2. The van der Waals surface area contributed by atoms with Gasteiger partial charge in [0.05, 0.1) is 0 Å². The predicted octanol–water partition coefficient (Wildman–Crippen LogP) is 3.71. The molecule has 0 unspecified atom stereocenters. The van der Waals surface area contributed by atoms with Gasteiger partial charge in [0, 0.05) is 30.1 Å². The first kappa shape index (κ1) is 17.2. The molecule has 0 amide bonds. The lowest BCUT2D eigenvalue weighted by atomic mass is 9.98. The Balaban J connectivity index is 2.14. The molecule has 26 heavy (non-hydrogen) atoms. The van der Waals surface area contributed by atoms with Crippen LogP contribution < -0.4 is 15.9 Å². The lowest BCUT2D eigenvalue weighted by molar-refractivity contribution is -0.0384. The van der Waals surface area contributed by atoms with Crippen molar-refractivity contribution < 1.29 is 14.0 Å². The van der Waals surface area contributed by atoms with E-state index in [0.29, 0.717) is 0 Å². The Hall–Kier alpha value is -2.19. The molecule has 4 rings (SSSR count). The molecule has 0 N–H and O–H groups in total. The molecule has 0 radical (unpaired) electrons. The average Bonchev–Trinajstić information content (AvgIpc) is 2.80. The molecule has 3 aromatic carbocycles. The van der Waals surface area contributed by atoms with Crippen molar-refractivity contribution in [1.29, 1.82) is 0 Å². The Labute approximate surface area is 154 Å². The maximum atomic E-state index is 14.7. The number of benzene rings is 3. The summed E-state index contributed by atoms with van der Waals surface area (Å²) in [5.41, 5.74) is 1.84. The third-order valence-electron chi connectivity index (χ3n) is 5.07. The van der Waals surface area contributed by atoms with Crippen molar-refractivity contribution in [1.82, 2.24) is 0 Å². The zero-order valence-electron chi connectivity index (χ0n) is 14.8. The van der Waals surface area contributed by atoms with E-state index in [1.165, 1.54) is 0 Å². The van der Waals surface area contributed by atoms with E-state index in [0.717, 1.165) is 27.0 Å². The molecule has 0 aliphatic carbocycles. The molecule has 3 nitrogen and oxygen atoms in total. The molecule has 1 heterocycles. The highest BCUT2D eigenvalue weighted by Gasteiger charge is 2.42. The van der Waals surface area contributed by atoms with Crippen LogP contribution in [0.2, 0.25) is 0 Å². The van der Waals surface area contributed by atoms with Gasteiger partial charge in [-0.3, -0.25) is 0 Å². The highest BCUT2D eigenvalue weighted by molar-refractivity contribution is 7.85. The van der Waals surface area contributed by atoms with Crippen LogP contribution in [0, 0.1) is 0 Å². The third kappa shape index (κ3) is 2.47. The fraction of sp³-hybridized carbons (Fsp3) is 0.182. The Morgan fingerprint density at radius 1 is 0.654 bits per heavy atom. The second-order valence-corrected chi connectivity index (χ2v) is 9.07. The molecule has 0 bridgehead atoms. The fourth-order valence-corrected chi connectivity index (χ4v) is 7.03. The van der Waals surface area contributed by atoms with E-state index in [4.69, 9.17) is 9.47 Å². The van der Waals surface area contributed by atoms with E-state index in [2.05, 4.69) is 0 Å². The van der Waals surface area contributed by atoms with Gasteiger partial charge in [0.1, 0.15) is 12.2 Å². The van der Waals surface area contributed by atoms with Crippen LogP contribution in [0.1, 0.15) is 23.3 Å². The summed E-state index contributed by atoms with van der Waals surface area (Å²) in [5.74, 6) is 0. The van der Waals surface area contributed by atoms with Gasteiger partial charge >= 0.3 is 0 Å². The molecule has 132 valence electrons. The summed E-state index contributed by atoms with van der Waals surface area (Å²) in [5, 5.41) is 2.47. The SMILES string of the molecule is CO[C@@H]1c2ccccc2P(=O)(c2ccccc2)c2ccccc2[C@H]1OC. The zero-order chi connectivity index (χ0) is 18.1. The summed E-state index contributed by atoms with van der Waals surface area (Å²) in [6.07, 6.45) is -0.645. The molecule has 2 atom stereocenters. The summed E-state index contributed by atoms with van der Waals surface area (Å²) >= 11 is 0. The standard InChI is InChI=1S/C22H21O3P/c1-24-21-17-12-6-8-14-19(17)26(23,16-10-4-3-5-11-16)20-15-9-7-13-18(20)22(21)25-2/h3-15,21-22H,1-2H3/t21-,22-/m1/s1. The minimum absolute atomic E-state index is 0.322. The molecule has 0 spiro atoms. The number of methoxy groups -OCH3 is 2. The summed E-state index contributed by atoms with van der Waals surface area (Å²) in [4.78, 5) is 0. The number of rotatable bonds is 3. The fourth-order valence-electron chi connectivity index (χ4n) is 3.90. The largest absolute Gasteiger partial charge is 0.374 e. The molecule has 1 aliphatic heterocycles. The van der Waals surface area contributed by atoms with Gasteiger partial charge in [-0.15, -0.1) is 0 Å². The Kier molecular flexibility index (Phi) is 4.54. The second-order valence-electron chi connectivity index (χ2n) is 6.38. The molecule has 0 saturated carbocycles. The van der Waals surface area contributed by atoms with Crippen LogP contribution in [-0.2, 0) is 14.0 Å². The number of hydrogen-bond acceptors (Lipinski definition) is 3. The first-order valence-electron chi connectivity index (χ1n) is 8.62. The minimum Gasteiger partial charge on any atom is -0.374 e. The zero-order valence-corrected chi connectivity index (χ0v) is 15.7. The number of hydrogen-bond donors (Lipinski definition) is 0. The average molecular weight is 364 g/mol. The summed E-state index contributed by atoms with van der Waals surface area (Å²) in [6, 6.07) is 25.4. The first-order chi connectivity index (χ1) is 12.7. The summed E-state index contributed by atoms with van der Waals surface area (Å²) in [7, 11) is 0.301. The normalized spacial score (nSPS) is 20.7. The van der Waals surface area contributed by atoms with Crippen LogP contribution >= 0.6 is 7.14 Å². The molecular weight excluding hydrogens is 343 g/mol. The molecule has 3 aromatic rings. The van der Waals surface area contributed by atoms with E-state index >= 15 is 0 Å². The van der Waals surface area contributed by atoms with Gasteiger partial charge < -0.3 is 14.0 Å². The monoisotopic (exact) mass is 364 g/mol. The van der Waals surface area contributed by atoms with Crippen LogP contribution in [0.4, 0.5) is 0 Å². The third-order valence-corrected chi connectivity index (χ3v) is 8.26. The predicted molar refractivity (Wildman–Crippen MR) is 105 cm³/mol.